The number of ether oxygens (including phenoxy) is 1. The number of Topliss-reactive ketones (excluding diaryl/α,β-unsaturated/α-hetero) is 1. The van der Waals surface area contributed by atoms with Crippen LogP contribution in [0.4, 0.5) is 0 Å². The molecule has 0 aromatic heterocycles. The molecule has 1 aliphatic rings. The minimum absolute atomic E-state index is 0.267. The van der Waals surface area contributed by atoms with E-state index in [9.17, 15) is 4.79 Å². The minimum atomic E-state index is -0.284. The van der Waals surface area contributed by atoms with Gasteiger partial charge in [-0.15, -0.1) is 11.6 Å². The van der Waals surface area contributed by atoms with Crippen LogP contribution in [0.15, 0.2) is 0 Å². The van der Waals surface area contributed by atoms with E-state index in [1.807, 2.05) is 13.8 Å². The van der Waals surface area contributed by atoms with Crippen molar-refractivity contribution in [2.45, 2.75) is 32.3 Å². The molecular formula is C9H15ClO2. The Morgan fingerprint density at radius 1 is 1.67 bits per heavy atom. The van der Waals surface area contributed by atoms with E-state index in [0.717, 1.165) is 0 Å². The Bertz CT molecular complexity index is 173. The number of carbonyl (C=O) groups excluding carboxylic acids is 1. The molecule has 1 unspecified atom stereocenters. The Kier molecular flexibility index (Phi) is 3.13. The zero-order chi connectivity index (χ0) is 9.19. The number of carbonyl (C=O) groups is 1. The predicted molar refractivity (Wildman–Crippen MR) is 48.5 cm³/mol. The molecule has 0 spiro atoms. The van der Waals surface area contributed by atoms with Gasteiger partial charge in [0, 0.05) is 12.8 Å². The van der Waals surface area contributed by atoms with Crippen molar-refractivity contribution in [1.82, 2.24) is 0 Å². The number of ketones is 1. The highest BCUT2D eigenvalue weighted by Crippen LogP contribution is 2.33. The Morgan fingerprint density at radius 3 is 2.58 bits per heavy atom. The average molecular weight is 191 g/mol. The summed E-state index contributed by atoms with van der Waals surface area (Å²) in [5.74, 6) is 1.14. The molecule has 0 aromatic carbocycles. The standard InChI is InChI=1S/C9H15ClO2/c1-7(2)3-8(11)4-9(5-10)6-12-9/h7H,3-6H2,1-2H3. The first-order valence-electron chi connectivity index (χ1n) is 4.29. The Hall–Kier alpha value is -0.0800. The molecule has 1 rings (SSSR count). The van der Waals surface area contributed by atoms with Gasteiger partial charge in [-0.05, 0) is 5.92 Å². The summed E-state index contributed by atoms with van der Waals surface area (Å²) in [6.07, 6.45) is 1.14. The molecule has 0 bridgehead atoms. The third-order valence-corrected chi connectivity index (χ3v) is 2.44. The maximum absolute atomic E-state index is 11.3. The maximum Gasteiger partial charge on any atom is 0.136 e. The molecule has 1 heterocycles. The molecule has 0 aromatic rings. The second kappa shape index (κ2) is 3.75. The lowest BCUT2D eigenvalue weighted by Crippen LogP contribution is -2.19. The van der Waals surface area contributed by atoms with Crippen LogP contribution in [0.1, 0.15) is 26.7 Å². The molecule has 0 N–H and O–H groups in total. The molecule has 1 atom stereocenters. The SMILES string of the molecule is CC(C)CC(=O)CC1(CCl)CO1. The number of hydrogen-bond acceptors (Lipinski definition) is 2. The molecule has 3 heteroatoms. The van der Waals surface area contributed by atoms with Crippen LogP contribution in [-0.4, -0.2) is 23.9 Å². The fraction of sp³-hybridized carbons (Fsp3) is 0.889. The van der Waals surface area contributed by atoms with Gasteiger partial charge in [-0.25, -0.2) is 0 Å². The normalized spacial score (nSPS) is 27.7. The highest BCUT2D eigenvalue weighted by atomic mass is 35.5. The third-order valence-electron chi connectivity index (χ3n) is 1.95. The average Bonchev–Trinajstić information content (AvgIpc) is 2.67. The molecule has 1 aliphatic heterocycles. The van der Waals surface area contributed by atoms with E-state index in [2.05, 4.69) is 0 Å². The van der Waals surface area contributed by atoms with Gasteiger partial charge in [0.15, 0.2) is 0 Å². The smallest absolute Gasteiger partial charge is 0.136 e. The van der Waals surface area contributed by atoms with Crippen LogP contribution in [0.2, 0.25) is 0 Å². The minimum Gasteiger partial charge on any atom is -0.368 e. The predicted octanol–water partition coefficient (Wildman–Crippen LogP) is 2.00. The molecule has 0 aliphatic carbocycles. The van der Waals surface area contributed by atoms with E-state index in [4.69, 9.17) is 16.3 Å². The van der Waals surface area contributed by atoms with Gasteiger partial charge in [-0.3, -0.25) is 4.79 Å². The highest BCUT2D eigenvalue weighted by Gasteiger charge is 2.45. The van der Waals surface area contributed by atoms with Crippen molar-refractivity contribution in [3.63, 3.8) is 0 Å². The van der Waals surface area contributed by atoms with Gasteiger partial charge in [0.2, 0.25) is 0 Å². The molecule has 70 valence electrons. The Morgan fingerprint density at radius 2 is 2.25 bits per heavy atom. The molecular weight excluding hydrogens is 176 g/mol. The number of epoxide rings is 1. The summed E-state index contributed by atoms with van der Waals surface area (Å²) >= 11 is 5.66. The molecule has 1 saturated heterocycles. The first-order chi connectivity index (χ1) is 5.58. The van der Waals surface area contributed by atoms with Crippen molar-refractivity contribution in [1.29, 1.82) is 0 Å². The summed E-state index contributed by atoms with van der Waals surface area (Å²) in [5, 5.41) is 0. The fourth-order valence-corrected chi connectivity index (χ4v) is 1.46. The third kappa shape index (κ3) is 2.76. The van der Waals surface area contributed by atoms with Crippen LogP contribution in [-0.2, 0) is 9.53 Å². The van der Waals surface area contributed by atoms with E-state index >= 15 is 0 Å². The van der Waals surface area contributed by atoms with Crippen LogP contribution < -0.4 is 0 Å². The summed E-state index contributed by atoms with van der Waals surface area (Å²) in [5.41, 5.74) is -0.284. The second-order valence-electron chi connectivity index (χ2n) is 3.92. The molecule has 2 nitrogen and oxygen atoms in total. The second-order valence-corrected chi connectivity index (χ2v) is 4.19. The lowest BCUT2D eigenvalue weighted by atomic mass is 9.99. The van der Waals surface area contributed by atoms with Crippen molar-refractivity contribution in [2.75, 3.05) is 12.5 Å². The molecule has 0 radical (unpaired) electrons. The maximum atomic E-state index is 11.3. The van der Waals surface area contributed by atoms with Gasteiger partial charge in [0.25, 0.3) is 0 Å². The summed E-state index contributed by atoms with van der Waals surface area (Å²) in [6, 6.07) is 0. The van der Waals surface area contributed by atoms with Crippen molar-refractivity contribution in [3.8, 4) is 0 Å². The van der Waals surface area contributed by atoms with Crippen molar-refractivity contribution in [2.24, 2.45) is 5.92 Å². The molecule has 12 heavy (non-hydrogen) atoms. The number of rotatable bonds is 5. The van der Waals surface area contributed by atoms with Crippen LogP contribution in [0.5, 0.6) is 0 Å². The van der Waals surface area contributed by atoms with Gasteiger partial charge in [0.05, 0.1) is 12.5 Å². The van der Waals surface area contributed by atoms with Gasteiger partial charge < -0.3 is 4.74 Å². The number of halogens is 1. The van der Waals surface area contributed by atoms with Crippen molar-refractivity contribution < 1.29 is 9.53 Å². The molecule has 1 fully saturated rings. The lowest BCUT2D eigenvalue weighted by Gasteiger charge is -2.07. The Balaban J connectivity index is 2.26. The van der Waals surface area contributed by atoms with Gasteiger partial charge in [-0.2, -0.15) is 0 Å². The topological polar surface area (TPSA) is 29.6 Å². The van der Waals surface area contributed by atoms with Crippen molar-refractivity contribution >= 4 is 17.4 Å². The van der Waals surface area contributed by atoms with Gasteiger partial charge >= 0.3 is 0 Å². The highest BCUT2D eigenvalue weighted by molar-refractivity contribution is 6.19. The lowest BCUT2D eigenvalue weighted by molar-refractivity contribution is -0.120. The quantitative estimate of drug-likeness (QED) is 0.490. The van der Waals surface area contributed by atoms with Crippen LogP contribution >= 0.6 is 11.6 Å². The van der Waals surface area contributed by atoms with Gasteiger partial charge in [0.1, 0.15) is 11.4 Å². The molecule has 0 saturated carbocycles. The van der Waals surface area contributed by atoms with E-state index in [0.29, 0.717) is 31.2 Å². The zero-order valence-corrected chi connectivity index (χ0v) is 8.36. The zero-order valence-electron chi connectivity index (χ0n) is 7.60. The number of alkyl halides is 1. The summed E-state index contributed by atoms with van der Waals surface area (Å²) < 4.78 is 5.14. The van der Waals surface area contributed by atoms with E-state index in [1.165, 1.54) is 0 Å². The summed E-state index contributed by atoms with van der Waals surface area (Å²) in [7, 11) is 0. The molecule has 0 amide bonds. The van der Waals surface area contributed by atoms with Crippen molar-refractivity contribution in [3.05, 3.63) is 0 Å². The van der Waals surface area contributed by atoms with E-state index in [-0.39, 0.29) is 11.4 Å². The van der Waals surface area contributed by atoms with Crippen LogP contribution in [0.3, 0.4) is 0 Å². The number of hydrogen-bond donors (Lipinski definition) is 0. The summed E-state index contributed by atoms with van der Waals surface area (Å²) in [6.45, 7) is 4.73. The van der Waals surface area contributed by atoms with Crippen LogP contribution in [0.25, 0.3) is 0 Å². The monoisotopic (exact) mass is 190 g/mol. The van der Waals surface area contributed by atoms with E-state index < -0.39 is 0 Å². The first-order valence-corrected chi connectivity index (χ1v) is 4.83. The fourth-order valence-electron chi connectivity index (χ4n) is 1.22. The van der Waals surface area contributed by atoms with E-state index in [1.54, 1.807) is 0 Å². The Labute approximate surface area is 78.2 Å². The van der Waals surface area contributed by atoms with Crippen LogP contribution in [0, 0.1) is 5.92 Å². The first kappa shape index (κ1) is 10.0. The van der Waals surface area contributed by atoms with Gasteiger partial charge in [-0.1, -0.05) is 13.8 Å². The largest absolute Gasteiger partial charge is 0.368 e. The summed E-state index contributed by atoms with van der Waals surface area (Å²) in [4.78, 5) is 11.3.